The molecule has 1 aliphatic rings. The minimum atomic E-state index is 0.774. The van der Waals surface area contributed by atoms with Crippen LogP contribution in [-0.4, -0.2) is 17.5 Å². The van der Waals surface area contributed by atoms with E-state index in [9.17, 15) is 0 Å². The molecule has 0 saturated heterocycles. The van der Waals surface area contributed by atoms with Crippen LogP contribution in [0.15, 0.2) is 23.2 Å². The van der Waals surface area contributed by atoms with E-state index in [0.29, 0.717) is 0 Å². The van der Waals surface area contributed by atoms with E-state index >= 15 is 0 Å². The number of anilines is 1. The summed E-state index contributed by atoms with van der Waals surface area (Å²) in [5.74, 6) is 1.15. The van der Waals surface area contributed by atoms with Gasteiger partial charge in [-0.25, -0.2) is 0 Å². The predicted octanol–water partition coefficient (Wildman–Crippen LogP) is 3.55. The molecule has 0 amide bonds. The highest BCUT2D eigenvalue weighted by Gasteiger charge is 2.07. The summed E-state index contributed by atoms with van der Waals surface area (Å²) in [6.45, 7) is 2.98. The number of hydrogen-bond donors (Lipinski definition) is 1. The number of benzene rings is 1. The Balaban J connectivity index is 2.13. The molecule has 0 fully saturated rings. The van der Waals surface area contributed by atoms with Crippen molar-refractivity contribution in [3.63, 3.8) is 0 Å². The van der Waals surface area contributed by atoms with Gasteiger partial charge in [-0.2, -0.15) is 0 Å². The van der Waals surface area contributed by atoms with E-state index in [1.165, 1.54) is 6.42 Å². The topological polar surface area (TPSA) is 24.4 Å². The van der Waals surface area contributed by atoms with Crippen LogP contribution < -0.4 is 5.32 Å². The lowest BCUT2D eigenvalue weighted by Crippen LogP contribution is -2.13. The van der Waals surface area contributed by atoms with Gasteiger partial charge >= 0.3 is 0 Å². The van der Waals surface area contributed by atoms with Crippen LogP contribution in [0.2, 0.25) is 5.02 Å². The van der Waals surface area contributed by atoms with Crippen molar-refractivity contribution in [2.24, 2.45) is 4.99 Å². The summed E-state index contributed by atoms with van der Waals surface area (Å²) in [5.41, 5.74) is 2.24. The number of hydrogen-bond acceptors (Lipinski definition) is 3. The third-order valence-electron chi connectivity index (χ3n) is 2.23. The van der Waals surface area contributed by atoms with E-state index in [1.54, 1.807) is 11.8 Å². The van der Waals surface area contributed by atoms with Crippen molar-refractivity contribution in [2.45, 2.75) is 13.3 Å². The third kappa shape index (κ3) is 2.89. The molecule has 80 valence electrons. The summed E-state index contributed by atoms with van der Waals surface area (Å²) in [5, 5.41) is 5.13. The fraction of sp³-hybridized carbons (Fsp3) is 0.364. The molecule has 0 aromatic heterocycles. The Morgan fingerprint density at radius 3 is 3.00 bits per heavy atom. The number of amidine groups is 1. The molecular weight excluding hydrogens is 228 g/mol. The first-order chi connectivity index (χ1) is 7.25. The van der Waals surface area contributed by atoms with Crippen LogP contribution in [0.1, 0.15) is 12.0 Å². The fourth-order valence-electron chi connectivity index (χ4n) is 1.42. The van der Waals surface area contributed by atoms with Crippen molar-refractivity contribution >= 4 is 34.2 Å². The smallest absolute Gasteiger partial charge is 0.161 e. The molecule has 15 heavy (non-hydrogen) atoms. The molecule has 0 bridgehead atoms. The van der Waals surface area contributed by atoms with Gasteiger partial charge in [0.25, 0.3) is 0 Å². The maximum Gasteiger partial charge on any atom is 0.161 e. The molecule has 1 N–H and O–H groups in total. The molecule has 0 spiro atoms. The molecule has 0 atom stereocenters. The molecule has 2 rings (SSSR count). The van der Waals surface area contributed by atoms with E-state index in [0.717, 1.165) is 33.7 Å². The lowest BCUT2D eigenvalue weighted by molar-refractivity contribution is 0.938. The summed E-state index contributed by atoms with van der Waals surface area (Å²) in [6, 6.07) is 5.85. The van der Waals surface area contributed by atoms with Crippen LogP contribution in [0.25, 0.3) is 0 Å². The van der Waals surface area contributed by atoms with Crippen LogP contribution in [0, 0.1) is 6.92 Å². The summed E-state index contributed by atoms with van der Waals surface area (Å²) in [4.78, 5) is 4.42. The fourth-order valence-corrected chi connectivity index (χ4v) is 2.48. The standard InChI is InChI=1S/C11H13ClN2S/c1-8-7-9(12)3-4-10(8)14-11-13-5-2-6-15-11/h3-4,7H,2,5-6H2,1H3,(H,13,14). The Morgan fingerprint density at radius 1 is 1.47 bits per heavy atom. The minimum absolute atomic E-state index is 0.774. The zero-order chi connectivity index (χ0) is 10.7. The van der Waals surface area contributed by atoms with Gasteiger partial charge in [0.15, 0.2) is 5.17 Å². The summed E-state index contributed by atoms with van der Waals surface area (Å²) in [7, 11) is 0. The number of aryl methyl sites for hydroxylation is 1. The monoisotopic (exact) mass is 240 g/mol. The average Bonchev–Trinajstić information content (AvgIpc) is 2.24. The average molecular weight is 241 g/mol. The van der Waals surface area contributed by atoms with Gasteiger partial charge in [-0.05, 0) is 37.1 Å². The largest absolute Gasteiger partial charge is 0.335 e. The minimum Gasteiger partial charge on any atom is -0.335 e. The van der Waals surface area contributed by atoms with Crippen LogP contribution in [0.4, 0.5) is 5.69 Å². The van der Waals surface area contributed by atoms with E-state index < -0.39 is 0 Å². The zero-order valence-electron chi connectivity index (χ0n) is 8.59. The highest BCUT2D eigenvalue weighted by molar-refractivity contribution is 8.14. The van der Waals surface area contributed by atoms with Crippen LogP contribution in [-0.2, 0) is 0 Å². The first-order valence-electron chi connectivity index (χ1n) is 4.96. The van der Waals surface area contributed by atoms with Crippen molar-refractivity contribution in [1.82, 2.24) is 0 Å². The van der Waals surface area contributed by atoms with Gasteiger partial charge in [0, 0.05) is 23.0 Å². The van der Waals surface area contributed by atoms with Gasteiger partial charge in [-0.1, -0.05) is 23.4 Å². The van der Waals surface area contributed by atoms with Crippen molar-refractivity contribution in [2.75, 3.05) is 17.6 Å². The van der Waals surface area contributed by atoms with E-state index in [4.69, 9.17) is 11.6 Å². The van der Waals surface area contributed by atoms with Gasteiger partial charge in [0.05, 0.1) is 0 Å². The van der Waals surface area contributed by atoms with E-state index in [-0.39, 0.29) is 0 Å². The van der Waals surface area contributed by atoms with Gasteiger partial charge < -0.3 is 5.32 Å². The lowest BCUT2D eigenvalue weighted by atomic mass is 10.2. The summed E-state index contributed by atoms with van der Waals surface area (Å²) in [6.07, 6.45) is 1.18. The Labute approximate surface area is 99.1 Å². The van der Waals surface area contributed by atoms with E-state index in [1.807, 2.05) is 25.1 Å². The van der Waals surface area contributed by atoms with Gasteiger partial charge in [0.2, 0.25) is 0 Å². The van der Waals surface area contributed by atoms with Crippen LogP contribution in [0.5, 0.6) is 0 Å². The molecule has 0 aliphatic carbocycles. The zero-order valence-corrected chi connectivity index (χ0v) is 10.2. The molecule has 4 heteroatoms. The van der Waals surface area contributed by atoms with Crippen molar-refractivity contribution in [3.8, 4) is 0 Å². The first kappa shape index (κ1) is 10.8. The van der Waals surface area contributed by atoms with Gasteiger partial charge in [0.1, 0.15) is 0 Å². The van der Waals surface area contributed by atoms with Crippen LogP contribution >= 0.6 is 23.4 Å². The number of rotatable bonds is 1. The van der Waals surface area contributed by atoms with Crippen molar-refractivity contribution in [1.29, 1.82) is 0 Å². The molecule has 0 unspecified atom stereocenters. The highest BCUT2D eigenvalue weighted by atomic mass is 35.5. The second-order valence-electron chi connectivity index (χ2n) is 3.47. The quantitative estimate of drug-likeness (QED) is 0.812. The lowest BCUT2D eigenvalue weighted by Gasteiger charge is -2.14. The second kappa shape index (κ2) is 4.90. The maximum absolute atomic E-state index is 5.90. The SMILES string of the molecule is Cc1cc(Cl)ccc1NC1=NCCCS1. The molecule has 0 saturated carbocycles. The number of nitrogens with zero attached hydrogens (tertiary/aromatic N) is 1. The molecule has 2 nitrogen and oxygen atoms in total. The molecule has 1 heterocycles. The number of nitrogens with one attached hydrogen (secondary N) is 1. The van der Waals surface area contributed by atoms with Crippen molar-refractivity contribution < 1.29 is 0 Å². The first-order valence-corrected chi connectivity index (χ1v) is 6.32. The molecule has 1 aliphatic heterocycles. The Hall–Kier alpha value is -0.670. The maximum atomic E-state index is 5.90. The third-order valence-corrected chi connectivity index (χ3v) is 3.46. The van der Waals surface area contributed by atoms with E-state index in [2.05, 4.69) is 10.3 Å². The summed E-state index contributed by atoms with van der Waals surface area (Å²) < 4.78 is 0. The van der Waals surface area contributed by atoms with Crippen molar-refractivity contribution in [3.05, 3.63) is 28.8 Å². The van der Waals surface area contributed by atoms with Gasteiger partial charge in [-0.3, -0.25) is 4.99 Å². The number of thioether (sulfide) groups is 1. The second-order valence-corrected chi connectivity index (χ2v) is 4.99. The Kier molecular flexibility index (Phi) is 3.54. The Bertz CT molecular complexity index is 390. The number of aliphatic imine (C=N–C) groups is 1. The molecule has 0 radical (unpaired) electrons. The van der Waals surface area contributed by atoms with Crippen LogP contribution in [0.3, 0.4) is 0 Å². The Morgan fingerprint density at radius 2 is 2.33 bits per heavy atom. The molecule has 1 aromatic rings. The predicted molar refractivity (Wildman–Crippen MR) is 69.2 cm³/mol. The number of halogens is 1. The molecule has 1 aromatic carbocycles. The molecular formula is C11H13ClN2S. The summed E-state index contributed by atoms with van der Waals surface area (Å²) >= 11 is 7.67. The normalized spacial score (nSPS) is 16.0. The highest BCUT2D eigenvalue weighted by Crippen LogP contribution is 2.22. The van der Waals surface area contributed by atoms with Gasteiger partial charge in [-0.15, -0.1) is 0 Å².